The third-order valence-corrected chi connectivity index (χ3v) is 4.57. The van der Waals surface area contributed by atoms with Crippen molar-refractivity contribution in [1.82, 2.24) is 0 Å². The molecule has 1 N–H and O–H groups in total. The molecule has 0 spiro atoms. The highest BCUT2D eigenvalue weighted by Crippen LogP contribution is 2.24. The van der Waals surface area contributed by atoms with Gasteiger partial charge in [0.25, 0.3) is 5.91 Å². The van der Waals surface area contributed by atoms with Gasteiger partial charge in [0, 0.05) is 16.8 Å². The van der Waals surface area contributed by atoms with E-state index in [1.807, 2.05) is 38.1 Å². The number of carbonyl (C=O) groups is 1. The fourth-order valence-electron chi connectivity index (χ4n) is 2.87. The van der Waals surface area contributed by atoms with Crippen LogP contribution in [-0.2, 0) is 11.4 Å². The highest BCUT2D eigenvalue weighted by atomic mass is 19.1. The van der Waals surface area contributed by atoms with Crippen molar-refractivity contribution in [2.24, 2.45) is 0 Å². The quantitative estimate of drug-likeness (QED) is 0.435. The second-order valence-corrected chi connectivity index (χ2v) is 6.86. The van der Waals surface area contributed by atoms with Crippen LogP contribution in [0.2, 0.25) is 0 Å². The Labute approximate surface area is 175 Å². The van der Waals surface area contributed by atoms with Gasteiger partial charge in [0.15, 0.2) is 0 Å². The number of ether oxygens (including phenoxy) is 1. The minimum Gasteiger partial charge on any atom is -0.488 e. The van der Waals surface area contributed by atoms with Crippen LogP contribution in [0.4, 0.5) is 10.1 Å². The highest BCUT2D eigenvalue weighted by molar-refractivity contribution is 6.10. The van der Waals surface area contributed by atoms with Gasteiger partial charge < -0.3 is 10.1 Å². The molecule has 0 aliphatic rings. The van der Waals surface area contributed by atoms with Crippen LogP contribution in [0.15, 0.2) is 72.3 Å². The van der Waals surface area contributed by atoms with Gasteiger partial charge in [0.2, 0.25) is 0 Å². The zero-order valence-corrected chi connectivity index (χ0v) is 16.8. The number of halogens is 1. The maximum absolute atomic E-state index is 13.8. The SMILES string of the molecule is Cc1ccc(C)c(NC(=O)/C(C#N)=C/c2ccccc2OCc2ccccc2F)c1. The first-order chi connectivity index (χ1) is 14.5. The van der Waals surface area contributed by atoms with Gasteiger partial charge in [-0.1, -0.05) is 48.5 Å². The third-order valence-electron chi connectivity index (χ3n) is 4.57. The number of rotatable bonds is 6. The summed E-state index contributed by atoms with van der Waals surface area (Å²) in [7, 11) is 0. The van der Waals surface area contributed by atoms with Crippen LogP contribution in [0.1, 0.15) is 22.3 Å². The first-order valence-electron chi connectivity index (χ1n) is 9.43. The molecule has 0 saturated heterocycles. The van der Waals surface area contributed by atoms with E-state index in [1.54, 1.807) is 42.5 Å². The van der Waals surface area contributed by atoms with Crippen LogP contribution in [0.5, 0.6) is 5.75 Å². The number of amides is 1. The molecule has 1 amide bonds. The zero-order valence-electron chi connectivity index (χ0n) is 16.8. The Morgan fingerprint density at radius 3 is 2.60 bits per heavy atom. The van der Waals surface area contributed by atoms with Gasteiger partial charge in [-0.3, -0.25) is 4.79 Å². The number of nitrogens with zero attached hydrogens (tertiary/aromatic N) is 1. The number of nitrogens with one attached hydrogen (secondary N) is 1. The van der Waals surface area contributed by atoms with Gasteiger partial charge in [-0.25, -0.2) is 4.39 Å². The summed E-state index contributed by atoms with van der Waals surface area (Å²) >= 11 is 0. The monoisotopic (exact) mass is 400 g/mol. The second kappa shape index (κ2) is 9.53. The maximum atomic E-state index is 13.8. The second-order valence-electron chi connectivity index (χ2n) is 6.86. The molecule has 150 valence electrons. The van der Waals surface area contributed by atoms with E-state index in [1.165, 1.54) is 12.1 Å². The number of hydrogen-bond donors (Lipinski definition) is 1. The summed E-state index contributed by atoms with van der Waals surface area (Å²) in [6.45, 7) is 3.85. The summed E-state index contributed by atoms with van der Waals surface area (Å²) in [6.07, 6.45) is 1.47. The fraction of sp³-hybridized carbons (Fsp3) is 0.120. The van der Waals surface area contributed by atoms with E-state index in [-0.39, 0.29) is 18.0 Å². The number of aryl methyl sites for hydroxylation is 2. The number of anilines is 1. The molecule has 0 aromatic heterocycles. The Balaban J connectivity index is 1.82. The Morgan fingerprint density at radius 1 is 1.10 bits per heavy atom. The number of para-hydroxylation sites is 1. The summed E-state index contributed by atoms with van der Waals surface area (Å²) in [5.41, 5.74) is 3.49. The number of benzene rings is 3. The maximum Gasteiger partial charge on any atom is 0.266 e. The summed E-state index contributed by atoms with van der Waals surface area (Å²) < 4.78 is 19.6. The van der Waals surface area contributed by atoms with Gasteiger partial charge in [-0.2, -0.15) is 5.26 Å². The van der Waals surface area contributed by atoms with Crippen molar-refractivity contribution in [3.8, 4) is 11.8 Å². The largest absolute Gasteiger partial charge is 0.488 e. The van der Waals surface area contributed by atoms with E-state index in [0.29, 0.717) is 22.6 Å². The molecule has 4 nitrogen and oxygen atoms in total. The van der Waals surface area contributed by atoms with Crippen LogP contribution in [0.25, 0.3) is 6.08 Å². The molecular formula is C25H21FN2O2. The van der Waals surface area contributed by atoms with Gasteiger partial charge >= 0.3 is 0 Å². The lowest BCUT2D eigenvalue weighted by Crippen LogP contribution is -2.14. The molecule has 0 atom stereocenters. The first kappa shape index (κ1) is 20.8. The van der Waals surface area contributed by atoms with Gasteiger partial charge in [-0.05, 0) is 49.2 Å². The van der Waals surface area contributed by atoms with Crippen LogP contribution >= 0.6 is 0 Å². The van der Waals surface area contributed by atoms with E-state index in [9.17, 15) is 14.4 Å². The van der Waals surface area contributed by atoms with Crippen LogP contribution in [0, 0.1) is 31.0 Å². The van der Waals surface area contributed by atoms with Gasteiger partial charge in [-0.15, -0.1) is 0 Å². The van der Waals surface area contributed by atoms with Crippen LogP contribution in [0.3, 0.4) is 0 Å². The molecule has 0 bridgehead atoms. The number of hydrogen-bond acceptors (Lipinski definition) is 3. The van der Waals surface area contributed by atoms with E-state index in [2.05, 4.69) is 5.32 Å². The van der Waals surface area contributed by atoms with E-state index < -0.39 is 5.91 Å². The van der Waals surface area contributed by atoms with Crippen molar-refractivity contribution >= 4 is 17.7 Å². The lowest BCUT2D eigenvalue weighted by atomic mass is 10.1. The smallest absolute Gasteiger partial charge is 0.266 e. The average Bonchev–Trinajstić information content (AvgIpc) is 2.74. The standard InChI is InChI=1S/C25H21FN2O2/c1-17-11-12-18(2)23(13-17)28-25(29)21(15-27)14-19-7-4-6-10-24(19)30-16-20-8-3-5-9-22(20)26/h3-14H,16H2,1-2H3,(H,28,29)/b21-14+. The molecule has 0 saturated carbocycles. The van der Waals surface area contributed by atoms with Crippen molar-refractivity contribution in [3.63, 3.8) is 0 Å². The summed E-state index contributed by atoms with van der Waals surface area (Å²) in [5, 5.41) is 12.3. The molecule has 0 fully saturated rings. The summed E-state index contributed by atoms with van der Waals surface area (Å²) in [4.78, 5) is 12.7. The third kappa shape index (κ3) is 5.12. The van der Waals surface area contributed by atoms with E-state index in [0.717, 1.165) is 11.1 Å². The predicted octanol–water partition coefficient (Wildman–Crippen LogP) is 5.57. The number of nitriles is 1. The predicted molar refractivity (Wildman–Crippen MR) is 115 cm³/mol. The van der Waals surface area contributed by atoms with Crippen LogP contribution in [-0.4, -0.2) is 5.91 Å². The first-order valence-corrected chi connectivity index (χ1v) is 9.43. The van der Waals surface area contributed by atoms with E-state index >= 15 is 0 Å². The van der Waals surface area contributed by atoms with Crippen molar-refractivity contribution in [3.05, 3.63) is 100 Å². The summed E-state index contributed by atoms with van der Waals surface area (Å²) in [6, 6.07) is 21.0. The molecule has 0 heterocycles. The fourth-order valence-corrected chi connectivity index (χ4v) is 2.87. The topological polar surface area (TPSA) is 62.1 Å². The molecule has 3 rings (SSSR count). The van der Waals surface area contributed by atoms with Crippen molar-refractivity contribution in [1.29, 1.82) is 5.26 Å². The van der Waals surface area contributed by atoms with Gasteiger partial charge in [0.1, 0.15) is 29.8 Å². The Hall–Kier alpha value is -3.91. The normalized spacial score (nSPS) is 10.9. The molecule has 30 heavy (non-hydrogen) atoms. The minimum atomic E-state index is -0.505. The molecule has 3 aromatic rings. The minimum absolute atomic E-state index is 0.0358. The van der Waals surface area contributed by atoms with E-state index in [4.69, 9.17) is 4.74 Å². The Kier molecular flexibility index (Phi) is 6.61. The molecule has 0 radical (unpaired) electrons. The average molecular weight is 400 g/mol. The molecular weight excluding hydrogens is 379 g/mol. The van der Waals surface area contributed by atoms with Crippen LogP contribution < -0.4 is 10.1 Å². The van der Waals surface area contributed by atoms with Crippen molar-refractivity contribution in [2.75, 3.05) is 5.32 Å². The Bertz CT molecular complexity index is 1150. The van der Waals surface area contributed by atoms with Gasteiger partial charge in [0.05, 0.1) is 0 Å². The lowest BCUT2D eigenvalue weighted by molar-refractivity contribution is -0.112. The van der Waals surface area contributed by atoms with Crippen molar-refractivity contribution < 1.29 is 13.9 Å². The molecule has 3 aromatic carbocycles. The molecule has 0 aliphatic carbocycles. The molecule has 0 aliphatic heterocycles. The number of carbonyl (C=O) groups excluding carboxylic acids is 1. The zero-order chi connectivity index (χ0) is 21.5. The summed E-state index contributed by atoms with van der Waals surface area (Å²) in [5.74, 6) is -0.403. The Morgan fingerprint density at radius 2 is 1.83 bits per heavy atom. The van der Waals surface area contributed by atoms with Crippen molar-refractivity contribution in [2.45, 2.75) is 20.5 Å². The molecule has 0 unspecified atom stereocenters. The lowest BCUT2D eigenvalue weighted by Gasteiger charge is -2.11. The molecule has 5 heteroatoms. The highest BCUT2D eigenvalue weighted by Gasteiger charge is 2.13.